The van der Waals surface area contributed by atoms with Gasteiger partial charge in [-0.15, -0.1) is 12.4 Å². The van der Waals surface area contributed by atoms with Crippen molar-refractivity contribution in [2.75, 3.05) is 7.11 Å². The molecular weight excluding hydrogens is 336 g/mol. The maximum Gasteiger partial charge on any atom is 0.220 e. The van der Waals surface area contributed by atoms with Gasteiger partial charge in [0.05, 0.1) is 7.11 Å². The number of amides is 1. The second-order valence-corrected chi connectivity index (χ2v) is 6.36. The van der Waals surface area contributed by atoms with Gasteiger partial charge in [0.2, 0.25) is 5.91 Å². The molecule has 1 aliphatic rings. The standard InChI is InChI=1S/C20H24N2O2.ClH/c1-14(16-5-7-19(24-2)8-6-16)9-20(23)22-11-15-3-4-17-12-21-13-18(17)10-15;/h3-8,10,14,21H,9,11-13H2,1-2H3,(H,22,23);1H. The molecule has 1 unspecified atom stereocenters. The van der Waals surface area contributed by atoms with E-state index in [0.29, 0.717) is 13.0 Å². The van der Waals surface area contributed by atoms with Crippen LogP contribution in [0.4, 0.5) is 0 Å². The zero-order valence-corrected chi connectivity index (χ0v) is 15.5. The van der Waals surface area contributed by atoms with E-state index in [9.17, 15) is 4.79 Å². The normalized spacial score (nSPS) is 13.5. The average molecular weight is 361 g/mol. The summed E-state index contributed by atoms with van der Waals surface area (Å²) in [5.41, 5.74) is 5.00. The molecule has 0 saturated carbocycles. The highest BCUT2D eigenvalue weighted by molar-refractivity contribution is 5.85. The Morgan fingerprint density at radius 2 is 1.88 bits per heavy atom. The van der Waals surface area contributed by atoms with Crippen LogP contribution in [0.1, 0.15) is 41.5 Å². The number of hydrogen-bond donors (Lipinski definition) is 2. The van der Waals surface area contributed by atoms with Crippen LogP contribution in [0.25, 0.3) is 0 Å². The lowest BCUT2D eigenvalue weighted by atomic mass is 9.97. The van der Waals surface area contributed by atoms with E-state index in [1.54, 1.807) is 7.11 Å². The van der Waals surface area contributed by atoms with Gasteiger partial charge in [-0.2, -0.15) is 0 Å². The molecule has 1 aliphatic heterocycles. The number of methoxy groups -OCH3 is 1. The third kappa shape index (κ3) is 4.97. The summed E-state index contributed by atoms with van der Waals surface area (Å²) < 4.78 is 5.17. The first-order valence-corrected chi connectivity index (χ1v) is 8.38. The largest absolute Gasteiger partial charge is 0.497 e. The van der Waals surface area contributed by atoms with Crippen molar-refractivity contribution < 1.29 is 9.53 Å². The summed E-state index contributed by atoms with van der Waals surface area (Å²) in [6, 6.07) is 14.3. The van der Waals surface area contributed by atoms with Crippen LogP contribution in [0.5, 0.6) is 5.75 Å². The molecule has 0 bridgehead atoms. The van der Waals surface area contributed by atoms with Gasteiger partial charge in [-0.25, -0.2) is 0 Å². The molecule has 0 radical (unpaired) electrons. The number of hydrogen-bond acceptors (Lipinski definition) is 3. The van der Waals surface area contributed by atoms with Crippen LogP contribution in [0.15, 0.2) is 42.5 Å². The van der Waals surface area contributed by atoms with Gasteiger partial charge in [0.1, 0.15) is 5.75 Å². The van der Waals surface area contributed by atoms with E-state index in [-0.39, 0.29) is 24.2 Å². The number of carbonyl (C=O) groups excluding carboxylic acids is 1. The lowest BCUT2D eigenvalue weighted by Gasteiger charge is -2.13. The van der Waals surface area contributed by atoms with E-state index in [2.05, 4.69) is 35.8 Å². The van der Waals surface area contributed by atoms with E-state index in [1.165, 1.54) is 11.1 Å². The summed E-state index contributed by atoms with van der Waals surface area (Å²) in [6.45, 7) is 4.52. The Hall–Kier alpha value is -2.04. The monoisotopic (exact) mass is 360 g/mol. The highest BCUT2D eigenvalue weighted by Gasteiger charge is 2.13. The molecule has 5 heteroatoms. The predicted molar refractivity (Wildman–Crippen MR) is 102 cm³/mol. The average Bonchev–Trinajstić information content (AvgIpc) is 3.07. The van der Waals surface area contributed by atoms with E-state index >= 15 is 0 Å². The maximum atomic E-state index is 12.2. The van der Waals surface area contributed by atoms with Gasteiger partial charge in [-0.3, -0.25) is 4.79 Å². The van der Waals surface area contributed by atoms with Crippen molar-refractivity contribution in [1.82, 2.24) is 10.6 Å². The van der Waals surface area contributed by atoms with E-state index in [0.717, 1.165) is 30.0 Å². The summed E-state index contributed by atoms with van der Waals surface area (Å²) in [6.07, 6.45) is 0.485. The SMILES string of the molecule is COc1ccc(C(C)CC(=O)NCc2ccc3c(c2)CNC3)cc1.Cl. The van der Waals surface area contributed by atoms with Gasteiger partial charge in [-0.1, -0.05) is 37.3 Å². The summed E-state index contributed by atoms with van der Waals surface area (Å²) in [5.74, 6) is 1.10. The second-order valence-electron chi connectivity index (χ2n) is 6.36. The number of ether oxygens (including phenoxy) is 1. The Balaban J connectivity index is 0.00000225. The highest BCUT2D eigenvalue weighted by atomic mass is 35.5. The first kappa shape index (κ1) is 19.3. The Morgan fingerprint density at radius 1 is 1.16 bits per heavy atom. The Kier molecular flexibility index (Phi) is 6.85. The smallest absolute Gasteiger partial charge is 0.220 e. The summed E-state index contributed by atoms with van der Waals surface area (Å²) in [4.78, 5) is 12.2. The summed E-state index contributed by atoms with van der Waals surface area (Å²) in [5, 5.41) is 6.37. The van der Waals surface area contributed by atoms with Crippen molar-refractivity contribution in [1.29, 1.82) is 0 Å². The topological polar surface area (TPSA) is 50.4 Å². The number of nitrogens with one attached hydrogen (secondary N) is 2. The van der Waals surface area contributed by atoms with Gasteiger partial charge in [0.25, 0.3) is 0 Å². The van der Waals surface area contributed by atoms with Gasteiger partial charge >= 0.3 is 0 Å². The van der Waals surface area contributed by atoms with Gasteiger partial charge in [0.15, 0.2) is 0 Å². The first-order chi connectivity index (χ1) is 11.7. The minimum Gasteiger partial charge on any atom is -0.497 e. The van der Waals surface area contributed by atoms with Crippen LogP contribution in [0.2, 0.25) is 0 Å². The Morgan fingerprint density at radius 3 is 2.60 bits per heavy atom. The number of halogens is 1. The number of carbonyl (C=O) groups is 1. The van der Waals surface area contributed by atoms with Crippen LogP contribution in [-0.4, -0.2) is 13.0 Å². The molecule has 1 amide bonds. The number of rotatable bonds is 6. The van der Waals surface area contributed by atoms with Gasteiger partial charge in [-0.05, 0) is 40.3 Å². The highest BCUT2D eigenvalue weighted by Crippen LogP contribution is 2.22. The minimum absolute atomic E-state index is 0. The van der Waals surface area contributed by atoms with Crippen molar-refractivity contribution in [3.8, 4) is 5.75 Å². The third-order valence-corrected chi connectivity index (χ3v) is 4.57. The molecule has 134 valence electrons. The molecule has 25 heavy (non-hydrogen) atoms. The maximum absolute atomic E-state index is 12.2. The fourth-order valence-electron chi connectivity index (χ4n) is 3.06. The van der Waals surface area contributed by atoms with Crippen molar-refractivity contribution in [3.63, 3.8) is 0 Å². The van der Waals surface area contributed by atoms with Crippen molar-refractivity contribution in [3.05, 3.63) is 64.7 Å². The zero-order valence-electron chi connectivity index (χ0n) is 14.7. The molecule has 2 aromatic carbocycles. The van der Waals surface area contributed by atoms with Gasteiger partial charge in [0, 0.05) is 26.1 Å². The summed E-state index contributed by atoms with van der Waals surface area (Å²) in [7, 11) is 1.65. The molecule has 0 aromatic heterocycles. The zero-order chi connectivity index (χ0) is 16.9. The molecule has 2 aromatic rings. The summed E-state index contributed by atoms with van der Waals surface area (Å²) >= 11 is 0. The van der Waals surface area contributed by atoms with Crippen LogP contribution in [0, 0.1) is 0 Å². The lowest BCUT2D eigenvalue weighted by Crippen LogP contribution is -2.24. The second kappa shape index (κ2) is 8.88. The third-order valence-electron chi connectivity index (χ3n) is 4.57. The van der Waals surface area contributed by atoms with Crippen LogP contribution < -0.4 is 15.4 Å². The van der Waals surface area contributed by atoms with E-state index in [4.69, 9.17) is 4.74 Å². The number of fused-ring (bicyclic) bond motifs is 1. The van der Waals surface area contributed by atoms with E-state index in [1.807, 2.05) is 24.3 Å². The number of benzene rings is 2. The van der Waals surface area contributed by atoms with Gasteiger partial charge < -0.3 is 15.4 Å². The van der Waals surface area contributed by atoms with Crippen LogP contribution in [0.3, 0.4) is 0 Å². The minimum atomic E-state index is 0. The fourth-order valence-corrected chi connectivity index (χ4v) is 3.06. The molecule has 0 aliphatic carbocycles. The predicted octanol–water partition coefficient (Wildman–Crippen LogP) is 3.53. The van der Waals surface area contributed by atoms with Crippen molar-refractivity contribution >= 4 is 18.3 Å². The molecule has 1 heterocycles. The molecule has 0 saturated heterocycles. The lowest BCUT2D eigenvalue weighted by molar-refractivity contribution is -0.121. The van der Waals surface area contributed by atoms with Crippen LogP contribution >= 0.6 is 12.4 Å². The Labute approximate surface area is 155 Å². The van der Waals surface area contributed by atoms with Crippen molar-refractivity contribution in [2.24, 2.45) is 0 Å². The molecule has 2 N–H and O–H groups in total. The molecular formula is C20H25ClN2O2. The van der Waals surface area contributed by atoms with Crippen LogP contribution in [-0.2, 0) is 24.4 Å². The molecule has 3 rings (SSSR count). The first-order valence-electron chi connectivity index (χ1n) is 8.38. The molecule has 0 spiro atoms. The Bertz CT molecular complexity index is 716. The fraction of sp³-hybridized carbons (Fsp3) is 0.350. The quantitative estimate of drug-likeness (QED) is 0.828. The molecule has 4 nitrogen and oxygen atoms in total. The van der Waals surface area contributed by atoms with E-state index < -0.39 is 0 Å². The van der Waals surface area contributed by atoms with Crippen molar-refractivity contribution in [2.45, 2.75) is 38.9 Å². The molecule has 1 atom stereocenters. The molecule has 0 fully saturated rings.